The molecule has 0 saturated heterocycles. The molecule has 1 unspecified atom stereocenters. The van der Waals surface area contributed by atoms with E-state index < -0.39 is 0 Å². The zero-order valence-electron chi connectivity index (χ0n) is 12.5. The third kappa shape index (κ3) is 2.04. The van der Waals surface area contributed by atoms with Gasteiger partial charge in [-0.3, -0.25) is 0 Å². The quantitative estimate of drug-likeness (QED) is 0.341. The van der Waals surface area contributed by atoms with Crippen LogP contribution in [0.25, 0.3) is 32.7 Å². The van der Waals surface area contributed by atoms with E-state index >= 15 is 0 Å². The van der Waals surface area contributed by atoms with Crippen molar-refractivity contribution in [3.05, 3.63) is 72.8 Å². The highest BCUT2D eigenvalue weighted by atomic mass is 31.1. The summed E-state index contributed by atoms with van der Waals surface area (Å²) in [6.07, 6.45) is 0.819. The molecule has 0 fully saturated rings. The molecular formula is C21H15OP. The lowest BCUT2D eigenvalue weighted by Crippen LogP contribution is -1.98. The number of hydrogen-bond donors (Lipinski definition) is 0. The Morgan fingerprint density at radius 1 is 0.696 bits per heavy atom. The van der Waals surface area contributed by atoms with Crippen LogP contribution in [-0.4, -0.2) is 6.35 Å². The van der Waals surface area contributed by atoms with Crippen LogP contribution in [0, 0.1) is 0 Å². The second kappa shape index (κ2) is 5.08. The average Bonchev–Trinajstić information content (AvgIpc) is 3.08. The standard InChI is InChI=1S/C21H15OP/c1-2-6-15-12-19-16(11-14(15)5-1)7-3-8-17(19)18-9-4-10-20-21(18)23-13-22-20/h1-12,23H,13H2. The van der Waals surface area contributed by atoms with E-state index in [-0.39, 0.29) is 0 Å². The van der Waals surface area contributed by atoms with E-state index in [1.165, 1.54) is 38.0 Å². The molecule has 0 saturated carbocycles. The topological polar surface area (TPSA) is 9.23 Å². The van der Waals surface area contributed by atoms with Crippen LogP contribution in [0.15, 0.2) is 72.8 Å². The highest BCUT2D eigenvalue weighted by Crippen LogP contribution is 2.37. The van der Waals surface area contributed by atoms with Crippen LogP contribution in [-0.2, 0) is 0 Å². The van der Waals surface area contributed by atoms with Crippen molar-refractivity contribution < 1.29 is 4.74 Å². The summed E-state index contributed by atoms with van der Waals surface area (Å²) in [6.45, 7) is 0. The Morgan fingerprint density at radius 3 is 2.35 bits per heavy atom. The molecule has 0 amide bonds. The predicted molar refractivity (Wildman–Crippen MR) is 100 cm³/mol. The normalized spacial score (nSPS) is 14.3. The number of benzene rings is 4. The summed E-state index contributed by atoms with van der Waals surface area (Å²) in [4.78, 5) is 0. The van der Waals surface area contributed by atoms with E-state index in [0.717, 1.165) is 20.7 Å². The van der Waals surface area contributed by atoms with E-state index in [2.05, 4.69) is 72.8 Å². The van der Waals surface area contributed by atoms with E-state index in [1.807, 2.05) is 0 Å². The Hall–Kier alpha value is -2.37. The number of rotatable bonds is 1. The monoisotopic (exact) mass is 314 g/mol. The van der Waals surface area contributed by atoms with Crippen molar-refractivity contribution in [3.8, 4) is 16.9 Å². The summed E-state index contributed by atoms with van der Waals surface area (Å²) in [5.41, 5.74) is 2.63. The molecule has 110 valence electrons. The SMILES string of the molecule is c1cc2c(c(-c3cccc4cc5ccccc5cc34)c1)PCO2. The predicted octanol–water partition coefficient (Wildman–Crippen LogP) is 5.31. The minimum atomic E-state index is 0.734. The van der Waals surface area contributed by atoms with Crippen LogP contribution >= 0.6 is 8.58 Å². The first kappa shape index (κ1) is 13.1. The summed E-state index contributed by atoms with van der Waals surface area (Å²) in [5.74, 6) is 1.05. The smallest absolute Gasteiger partial charge is 0.127 e. The van der Waals surface area contributed by atoms with Crippen LogP contribution in [0.2, 0.25) is 0 Å². The second-order valence-electron chi connectivity index (χ2n) is 5.87. The van der Waals surface area contributed by atoms with Gasteiger partial charge in [0.2, 0.25) is 0 Å². The summed E-state index contributed by atoms with van der Waals surface area (Å²) in [5, 5.41) is 6.56. The van der Waals surface area contributed by atoms with Crippen molar-refractivity contribution in [2.75, 3.05) is 6.35 Å². The Bertz CT molecular complexity index is 1050. The van der Waals surface area contributed by atoms with Gasteiger partial charge in [-0.2, -0.15) is 0 Å². The summed E-state index contributed by atoms with van der Waals surface area (Å²) >= 11 is 0. The van der Waals surface area contributed by atoms with Crippen molar-refractivity contribution in [1.82, 2.24) is 0 Å². The average molecular weight is 314 g/mol. The van der Waals surface area contributed by atoms with Crippen molar-refractivity contribution in [3.63, 3.8) is 0 Å². The molecule has 1 atom stereocenters. The van der Waals surface area contributed by atoms with Gasteiger partial charge in [-0.15, -0.1) is 0 Å². The lowest BCUT2D eigenvalue weighted by molar-refractivity contribution is 0.403. The molecule has 2 heteroatoms. The van der Waals surface area contributed by atoms with Crippen LogP contribution in [0.3, 0.4) is 0 Å². The first-order chi connectivity index (χ1) is 11.4. The van der Waals surface area contributed by atoms with E-state index in [1.54, 1.807) is 0 Å². The van der Waals surface area contributed by atoms with E-state index in [0.29, 0.717) is 0 Å². The Morgan fingerprint density at radius 2 is 1.43 bits per heavy atom. The van der Waals surface area contributed by atoms with Gasteiger partial charge in [0.15, 0.2) is 0 Å². The molecule has 4 aromatic rings. The molecule has 0 aliphatic carbocycles. The Labute approximate surface area is 136 Å². The maximum atomic E-state index is 5.76. The molecular weight excluding hydrogens is 299 g/mol. The molecule has 0 bridgehead atoms. The van der Waals surface area contributed by atoms with Crippen molar-refractivity contribution in [1.29, 1.82) is 0 Å². The maximum absolute atomic E-state index is 5.76. The molecule has 4 aromatic carbocycles. The maximum Gasteiger partial charge on any atom is 0.127 e. The first-order valence-electron chi connectivity index (χ1n) is 7.82. The summed E-state index contributed by atoms with van der Waals surface area (Å²) in [6, 6.07) is 26.2. The van der Waals surface area contributed by atoms with Crippen LogP contribution < -0.4 is 10.0 Å². The van der Waals surface area contributed by atoms with Crippen LogP contribution in [0.4, 0.5) is 0 Å². The minimum Gasteiger partial charge on any atom is -0.488 e. The van der Waals surface area contributed by atoms with Gasteiger partial charge < -0.3 is 4.74 Å². The van der Waals surface area contributed by atoms with Gasteiger partial charge in [0.05, 0.1) is 0 Å². The van der Waals surface area contributed by atoms with Crippen LogP contribution in [0.5, 0.6) is 5.75 Å². The number of hydrogen-bond acceptors (Lipinski definition) is 1. The molecule has 1 nitrogen and oxygen atoms in total. The van der Waals surface area contributed by atoms with Crippen molar-refractivity contribution >= 4 is 35.4 Å². The molecule has 0 N–H and O–H groups in total. The van der Waals surface area contributed by atoms with Gasteiger partial charge in [-0.05, 0) is 59.5 Å². The zero-order chi connectivity index (χ0) is 15.2. The lowest BCUT2D eigenvalue weighted by Gasteiger charge is -2.11. The van der Waals surface area contributed by atoms with Crippen LogP contribution in [0.1, 0.15) is 0 Å². The minimum absolute atomic E-state index is 0.734. The fourth-order valence-corrected chi connectivity index (χ4v) is 4.56. The van der Waals surface area contributed by atoms with Gasteiger partial charge in [0.1, 0.15) is 12.1 Å². The van der Waals surface area contributed by atoms with Gasteiger partial charge in [-0.25, -0.2) is 0 Å². The van der Waals surface area contributed by atoms with E-state index in [4.69, 9.17) is 4.74 Å². The van der Waals surface area contributed by atoms with E-state index in [9.17, 15) is 0 Å². The molecule has 23 heavy (non-hydrogen) atoms. The molecule has 0 spiro atoms. The number of ether oxygens (including phenoxy) is 1. The highest BCUT2D eigenvalue weighted by molar-refractivity contribution is 7.48. The molecule has 0 aromatic heterocycles. The molecule has 1 aliphatic rings. The molecule has 0 radical (unpaired) electrons. The third-order valence-corrected chi connectivity index (χ3v) is 5.70. The van der Waals surface area contributed by atoms with Crippen molar-refractivity contribution in [2.24, 2.45) is 0 Å². The first-order valence-corrected chi connectivity index (χ1v) is 9.02. The third-order valence-electron chi connectivity index (χ3n) is 4.54. The summed E-state index contributed by atoms with van der Waals surface area (Å²) in [7, 11) is 0.734. The Kier molecular flexibility index (Phi) is 2.89. The lowest BCUT2D eigenvalue weighted by atomic mass is 9.95. The number of fused-ring (bicyclic) bond motifs is 3. The van der Waals surface area contributed by atoms with Gasteiger partial charge in [0, 0.05) is 5.30 Å². The largest absolute Gasteiger partial charge is 0.488 e. The highest BCUT2D eigenvalue weighted by Gasteiger charge is 2.17. The van der Waals surface area contributed by atoms with Crippen molar-refractivity contribution in [2.45, 2.75) is 0 Å². The fraction of sp³-hybridized carbons (Fsp3) is 0.0476. The summed E-state index contributed by atoms with van der Waals surface area (Å²) < 4.78 is 5.76. The molecule has 1 aliphatic heterocycles. The fourth-order valence-electron chi connectivity index (χ4n) is 3.45. The zero-order valence-corrected chi connectivity index (χ0v) is 13.5. The molecule has 1 heterocycles. The second-order valence-corrected chi connectivity index (χ2v) is 7.01. The van der Waals surface area contributed by atoms with Gasteiger partial charge in [0.25, 0.3) is 0 Å². The Balaban J connectivity index is 1.85. The molecule has 5 rings (SSSR count). The van der Waals surface area contributed by atoms with Gasteiger partial charge in [-0.1, -0.05) is 54.6 Å². The van der Waals surface area contributed by atoms with Gasteiger partial charge >= 0.3 is 0 Å².